The number of rotatable bonds is 14. The summed E-state index contributed by atoms with van der Waals surface area (Å²) in [4.78, 5) is 57.9. The lowest BCUT2D eigenvalue weighted by atomic mass is 9.67. The van der Waals surface area contributed by atoms with Gasteiger partial charge >= 0.3 is 12.1 Å². The van der Waals surface area contributed by atoms with Gasteiger partial charge in [0.25, 0.3) is 5.91 Å². The molecule has 0 bridgehead atoms. The standard InChI is InChI=1S/C43H55N3O10/c1-27-33(28-10-15-32(16-11-28)54-25-31(47)23-40(49)50)8-6-9-34(27)35-18-20-44(42(52)56-43(2,3)4)24-36(35)41(51)46(29-12-13-29)30-14-17-38-37(22-30)45(19-7-21-53-5)39(48)26-55-38/h6,8-11,14-17,22,27,29,31,34-36,47H,7,12-13,18-21,23-26H2,1-5H3,(H,49,50)/t27?,31?,34?,35-,36+/m1/s1. The van der Waals surface area contributed by atoms with Crippen LogP contribution in [0, 0.1) is 23.7 Å². The Balaban J connectivity index is 1.27. The van der Waals surface area contributed by atoms with E-state index >= 15 is 4.79 Å². The van der Waals surface area contributed by atoms with Crippen LogP contribution in [-0.2, 0) is 23.9 Å². The molecule has 13 nitrogen and oxygen atoms in total. The van der Waals surface area contributed by atoms with Crippen molar-refractivity contribution in [2.45, 2.75) is 77.5 Å². The van der Waals surface area contributed by atoms with E-state index in [2.05, 4.69) is 19.1 Å². The summed E-state index contributed by atoms with van der Waals surface area (Å²) in [5.41, 5.74) is 2.73. The molecule has 2 aromatic carbocycles. The molecule has 2 fully saturated rings. The zero-order valence-electron chi connectivity index (χ0n) is 33.0. The zero-order valence-corrected chi connectivity index (χ0v) is 33.0. The summed E-state index contributed by atoms with van der Waals surface area (Å²) in [5, 5.41) is 18.8. The minimum atomic E-state index is -1.11. The molecule has 302 valence electrons. The third-order valence-corrected chi connectivity index (χ3v) is 10.9. The lowest BCUT2D eigenvalue weighted by Gasteiger charge is -2.45. The summed E-state index contributed by atoms with van der Waals surface area (Å²) in [7, 11) is 1.63. The summed E-state index contributed by atoms with van der Waals surface area (Å²) in [6.45, 7) is 9.15. The number of aliphatic hydroxyl groups excluding tert-OH is 1. The zero-order chi connectivity index (χ0) is 40.1. The Kier molecular flexibility index (Phi) is 12.7. The fourth-order valence-corrected chi connectivity index (χ4v) is 8.05. The minimum Gasteiger partial charge on any atom is -0.491 e. The van der Waals surface area contributed by atoms with Crippen molar-refractivity contribution < 1.29 is 48.3 Å². The van der Waals surface area contributed by atoms with Gasteiger partial charge in [0.15, 0.2) is 6.61 Å². The molecule has 2 heterocycles. The first kappa shape index (κ1) is 40.8. The Labute approximate surface area is 328 Å². The van der Waals surface area contributed by atoms with Gasteiger partial charge in [0.05, 0.1) is 24.1 Å². The van der Waals surface area contributed by atoms with Gasteiger partial charge < -0.3 is 43.9 Å². The van der Waals surface area contributed by atoms with Crippen LogP contribution in [0.5, 0.6) is 11.5 Å². The average molecular weight is 774 g/mol. The van der Waals surface area contributed by atoms with Crippen LogP contribution in [0.25, 0.3) is 5.57 Å². The third-order valence-electron chi connectivity index (χ3n) is 10.9. The van der Waals surface area contributed by atoms with Crippen LogP contribution < -0.4 is 19.3 Å². The molecular formula is C43H55N3O10. The van der Waals surface area contributed by atoms with Crippen molar-refractivity contribution in [3.63, 3.8) is 0 Å². The van der Waals surface area contributed by atoms with E-state index in [-0.39, 0.29) is 55.4 Å². The summed E-state index contributed by atoms with van der Waals surface area (Å²) in [5.74, 6) is -0.793. The van der Waals surface area contributed by atoms with E-state index in [1.165, 1.54) is 0 Å². The molecule has 3 amide bonds. The first-order chi connectivity index (χ1) is 26.7. The molecule has 1 saturated carbocycles. The first-order valence-electron chi connectivity index (χ1n) is 19.6. The maximum Gasteiger partial charge on any atom is 0.410 e. The highest BCUT2D eigenvalue weighted by molar-refractivity contribution is 6.01. The van der Waals surface area contributed by atoms with Crippen LogP contribution in [0.2, 0.25) is 0 Å². The molecule has 1 saturated heterocycles. The second-order valence-corrected chi connectivity index (χ2v) is 16.2. The molecule has 0 aromatic heterocycles. The highest BCUT2D eigenvalue weighted by Gasteiger charge is 2.47. The average Bonchev–Trinajstić information content (AvgIpc) is 3.99. The minimum absolute atomic E-state index is 0.000932. The Morgan fingerprint density at radius 3 is 2.50 bits per heavy atom. The Hall–Kier alpha value is -4.88. The first-order valence-corrected chi connectivity index (χ1v) is 19.6. The van der Waals surface area contributed by atoms with Gasteiger partial charge in [-0.05, 0) is 106 Å². The Morgan fingerprint density at radius 2 is 1.82 bits per heavy atom. The van der Waals surface area contributed by atoms with Crippen LogP contribution in [0.4, 0.5) is 16.2 Å². The van der Waals surface area contributed by atoms with Gasteiger partial charge in [-0.1, -0.05) is 37.3 Å². The molecule has 3 unspecified atom stereocenters. The molecule has 56 heavy (non-hydrogen) atoms. The van der Waals surface area contributed by atoms with Crippen molar-refractivity contribution in [2.24, 2.45) is 23.7 Å². The quantitative estimate of drug-likeness (QED) is 0.221. The molecular weight excluding hydrogens is 718 g/mol. The number of anilines is 2. The molecule has 6 rings (SSSR count). The van der Waals surface area contributed by atoms with E-state index in [4.69, 9.17) is 24.1 Å². The predicted molar refractivity (Wildman–Crippen MR) is 211 cm³/mol. The van der Waals surface area contributed by atoms with Crippen molar-refractivity contribution in [2.75, 3.05) is 56.4 Å². The highest BCUT2D eigenvalue weighted by atomic mass is 16.6. The normalized spacial score (nSPS) is 22.8. The van der Waals surface area contributed by atoms with Crippen LogP contribution in [0.1, 0.15) is 65.4 Å². The number of allylic oxidation sites excluding steroid dienone is 4. The molecule has 4 aliphatic rings. The van der Waals surface area contributed by atoms with Crippen LogP contribution in [0.15, 0.2) is 60.7 Å². The van der Waals surface area contributed by atoms with E-state index < -0.39 is 36.1 Å². The summed E-state index contributed by atoms with van der Waals surface area (Å²) < 4.78 is 22.5. The number of aliphatic carboxylic acids is 1. The van der Waals surface area contributed by atoms with Gasteiger partial charge in [-0.25, -0.2) is 4.79 Å². The molecule has 5 atom stereocenters. The summed E-state index contributed by atoms with van der Waals surface area (Å²) in [6.07, 6.45) is 7.34. The number of carboxylic acids is 1. The highest BCUT2D eigenvalue weighted by Crippen LogP contribution is 2.46. The second kappa shape index (κ2) is 17.5. The number of carbonyl (C=O) groups excluding carboxylic acids is 3. The van der Waals surface area contributed by atoms with Gasteiger partial charge in [-0.3, -0.25) is 14.4 Å². The van der Waals surface area contributed by atoms with Crippen molar-refractivity contribution in [3.05, 3.63) is 66.3 Å². The van der Waals surface area contributed by atoms with Gasteiger partial charge in [-0.2, -0.15) is 0 Å². The number of ether oxygens (including phenoxy) is 4. The maximum atomic E-state index is 15.2. The number of fused-ring (bicyclic) bond motifs is 1. The fourth-order valence-electron chi connectivity index (χ4n) is 8.05. The van der Waals surface area contributed by atoms with E-state index in [1.54, 1.807) is 29.0 Å². The second-order valence-electron chi connectivity index (χ2n) is 16.2. The fraction of sp³-hybridized carbons (Fsp3) is 0.535. The number of hydrogen-bond acceptors (Lipinski definition) is 9. The van der Waals surface area contributed by atoms with Crippen molar-refractivity contribution in [1.82, 2.24) is 4.90 Å². The van der Waals surface area contributed by atoms with Gasteiger partial charge in [0.2, 0.25) is 5.91 Å². The smallest absolute Gasteiger partial charge is 0.410 e. The van der Waals surface area contributed by atoms with Gasteiger partial charge in [0.1, 0.15) is 23.7 Å². The number of nitrogens with zero attached hydrogens (tertiary/aromatic N) is 3. The molecule has 2 aliphatic heterocycles. The van der Waals surface area contributed by atoms with E-state index in [1.807, 2.05) is 62.1 Å². The van der Waals surface area contributed by atoms with Crippen molar-refractivity contribution >= 4 is 40.8 Å². The van der Waals surface area contributed by atoms with E-state index in [0.29, 0.717) is 55.4 Å². The Bertz CT molecular complexity index is 1810. The topological polar surface area (TPSA) is 155 Å². The van der Waals surface area contributed by atoms with Crippen LogP contribution in [-0.4, -0.2) is 103 Å². The Morgan fingerprint density at radius 1 is 1.07 bits per heavy atom. The van der Waals surface area contributed by atoms with Crippen molar-refractivity contribution in [3.8, 4) is 11.5 Å². The monoisotopic (exact) mass is 773 g/mol. The van der Waals surface area contributed by atoms with Crippen LogP contribution >= 0.6 is 0 Å². The van der Waals surface area contributed by atoms with Crippen molar-refractivity contribution in [1.29, 1.82) is 0 Å². The predicted octanol–water partition coefficient (Wildman–Crippen LogP) is 5.94. The lowest BCUT2D eigenvalue weighted by Crippen LogP contribution is -2.54. The number of hydrogen-bond donors (Lipinski definition) is 2. The summed E-state index contributed by atoms with van der Waals surface area (Å²) in [6, 6.07) is 13.1. The molecule has 2 aliphatic carbocycles. The van der Waals surface area contributed by atoms with Crippen LogP contribution in [0.3, 0.4) is 0 Å². The van der Waals surface area contributed by atoms with E-state index in [0.717, 1.165) is 24.0 Å². The number of carboxylic acid groups (broad SMARTS) is 1. The third kappa shape index (κ3) is 9.73. The summed E-state index contributed by atoms with van der Waals surface area (Å²) >= 11 is 0. The molecule has 0 radical (unpaired) electrons. The number of methoxy groups -OCH3 is 1. The van der Waals surface area contributed by atoms with Gasteiger partial charge in [-0.15, -0.1) is 0 Å². The number of likely N-dealkylation sites (tertiary alicyclic amines) is 1. The largest absolute Gasteiger partial charge is 0.491 e. The maximum absolute atomic E-state index is 15.2. The lowest BCUT2D eigenvalue weighted by molar-refractivity contribution is -0.139. The molecule has 0 spiro atoms. The number of benzene rings is 2. The molecule has 2 N–H and O–H groups in total. The number of carbonyl (C=O) groups is 4. The number of aliphatic hydroxyl groups is 1. The number of amides is 3. The SMILES string of the molecule is COCCCN1C(=O)COc2ccc(N(C(=O)[C@H]3CN(C(=O)OC(C)(C)C)CC[C@@H]3C3C=CC=C(c4ccc(OCC(O)CC(=O)O)cc4)C3C)C3CC3)cc21. The number of piperidine rings is 1. The van der Waals surface area contributed by atoms with Gasteiger partial charge in [0, 0.05) is 45.1 Å². The molecule has 13 heteroatoms. The molecule has 2 aromatic rings. The van der Waals surface area contributed by atoms with E-state index in [9.17, 15) is 19.5 Å².